The molecule has 32 heavy (non-hydrogen) atoms. The molecule has 2 nitrogen and oxygen atoms in total. The predicted molar refractivity (Wildman–Crippen MR) is 123 cm³/mol. The smallest absolute Gasteiger partial charge is 0.169 e. The van der Waals surface area contributed by atoms with Gasteiger partial charge in [0.25, 0.3) is 0 Å². The van der Waals surface area contributed by atoms with E-state index in [1.54, 1.807) is 0 Å². The number of rotatable bonds is 1. The normalized spacial score (nSPS) is 26.7. The number of hydrogen-bond acceptors (Lipinski definition) is 2. The van der Waals surface area contributed by atoms with Crippen LogP contribution in [0, 0.1) is 5.92 Å². The van der Waals surface area contributed by atoms with E-state index >= 15 is 0 Å². The van der Waals surface area contributed by atoms with Crippen molar-refractivity contribution in [1.29, 1.82) is 0 Å². The number of Topliss-reactive ketones (excluding diaryl/α,β-unsaturated/α-hetero) is 2. The summed E-state index contributed by atoms with van der Waals surface area (Å²) >= 11 is 0. The molecule has 0 aliphatic heterocycles. The first-order valence-corrected chi connectivity index (χ1v) is 11.1. The summed E-state index contributed by atoms with van der Waals surface area (Å²) in [5.41, 5.74) is 5.73. The van der Waals surface area contributed by atoms with Crippen molar-refractivity contribution in [2.75, 3.05) is 0 Å². The van der Waals surface area contributed by atoms with Crippen LogP contribution in [0.25, 0.3) is 0 Å². The highest BCUT2D eigenvalue weighted by Gasteiger charge is 2.70. The summed E-state index contributed by atoms with van der Waals surface area (Å²) < 4.78 is 0. The van der Waals surface area contributed by atoms with Crippen LogP contribution < -0.4 is 0 Å². The zero-order valence-electron chi connectivity index (χ0n) is 17.4. The molecule has 4 aromatic rings. The van der Waals surface area contributed by atoms with Crippen LogP contribution in [0.5, 0.6) is 0 Å². The summed E-state index contributed by atoms with van der Waals surface area (Å²) in [6, 6.07) is 34.8. The topological polar surface area (TPSA) is 34.1 Å². The first-order chi connectivity index (χ1) is 15.7. The molecular weight excluding hydrogens is 392 g/mol. The van der Waals surface area contributed by atoms with Crippen LogP contribution in [-0.2, 0) is 10.8 Å². The molecule has 0 fully saturated rings. The Labute approximate surface area is 186 Å². The van der Waals surface area contributed by atoms with Gasteiger partial charge in [-0.25, -0.2) is 0 Å². The fraction of sp³-hybridized carbons (Fsp3) is 0.133. The van der Waals surface area contributed by atoms with E-state index in [2.05, 4.69) is 42.5 Å². The lowest BCUT2D eigenvalue weighted by atomic mass is 9.61. The van der Waals surface area contributed by atoms with Crippen LogP contribution in [0.4, 0.5) is 0 Å². The van der Waals surface area contributed by atoms with Crippen molar-refractivity contribution >= 4 is 11.6 Å². The Morgan fingerprint density at radius 2 is 1.12 bits per heavy atom. The number of carbonyl (C=O) groups excluding carboxylic acids is 2. The Morgan fingerprint density at radius 1 is 0.562 bits per heavy atom. The molecule has 1 spiro atoms. The molecule has 7 rings (SSSR count). The zero-order valence-corrected chi connectivity index (χ0v) is 17.4. The van der Waals surface area contributed by atoms with Gasteiger partial charge in [-0.3, -0.25) is 9.59 Å². The molecule has 4 aromatic carbocycles. The molecule has 152 valence electrons. The molecule has 0 unspecified atom stereocenters. The molecule has 2 heteroatoms. The number of fused-ring (bicyclic) bond motifs is 9. The van der Waals surface area contributed by atoms with Crippen molar-refractivity contribution in [2.24, 2.45) is 5.92 Å². The highest BCUT2D eigenvalue weighted by atomic mass is 16.1. The minimum atomic E-state index is -0.657. The van der Waals surface area contributed by atoms with E-state index in [0.29, 0.717) is 6.42 Å². The van der Waals surface area contributed by atoms with Gasteiger partial charge < -0.3 is 0 Å². The Morgan fingerprint density at radius 3 is 1.88 bits per heavy atom. The van der Waals surface area contributed by atoms with Gasteiger partial charge in [0.1, 0.15) is 0 Å². The van der Waals surface area contributed by atoms with Gasteiger partial charge in [-0.2, -0.15) is 0 Å². The van der Waals surface area contributed by atoms with Gasteiger partial charge in [0.2, 0.25) is 0 Å². The van der Waals surface area contributed by atoms with E-state index in [9.17, 15) is 9.59 Å². The molecular formula is C30H20O2. The quantitative estimate of drug-likeness (QED) is 0.401. The van der Waals surface area contributed by atoms with Crippen molar-refractivity contribution in [2.45, 2.75) is 17.3 Å². The van der Waals surface area contributed by atoms with Crippen LogP contribution in [0.1, 0.15) is 55.0 Å². The van der Waals surface area contributed by atoms with E-state index in [1.165, 1.54) is 0 Å². The third kappa shape index (κ3) is 1.80. The predicted octanol–water partition coefficient (Wildman–Crippen LogP) is 5.72. The van der Waals surface area contributed by atoms with Gasteiger partial charge in [-0.15, -0.1) is 0 Å². The second-order valence-electron chi connectivity index (χ2n) is 9.18. The number of carbonyl (C=O) groups is 2. The van der Waals surface area contributed by atoms with Gasteiger partial charge in [-0.1, -0.05) is 103 Å². The number of benzene rings is 4. The van der Waals surface area contributed by atoms with Crippen LogP contribution in [-0.4, -0.2) is 11.6 Å². The van der Waals surface area contributed by atoms with Gasteiger partial charge in [-0.05, 0) is 27.8 Å². The Balaban J connectivity index is 1.69. The van der Waals surface area contributed by atoms with Gasteiger partial charge in [0, 0.05) is 23.0 Å². The summed E-state index contributed by atoms with van der Waals surface area (Å²) in [6.45, 7) is 0. The fourth-order valence-electron chi connectivity index (χ4n) is 7.05. The molecule has 3 aliphatic rings. The molecule has 0 aromatic heterocycles. The summed E-state index contributed by atoms with van der Waals surface area (Å²) in [5.74, 6) is -0.118. The SMILES string of the molecule is O=C1C[C@]2(c3ccccc31)c1ccccc1[C@]1(c3ccccc3)c3ccccc3C(=O)[C@@H]21. The van der Waals surface area contributed by atoms with Crippen LogP contribution >= 0.6 is 0 Å². The van der Waals surface area contributed by atoms with Crippen molar-refractivity contribution in [3.63, 3.8) is 0 Å². The van der Waals surface area contributed by atoms with Crippen molar-refractivity contribution < 1.29 is 9.59 Å². The van der Waals surface area contributed by atoms with Crippen LogP contribution in [0.15, 0.2) is 103 Å². The summed E-state index contributed by atoms with van der Waals surface area (Å²) in [5, 5.41) is 0. The lowest BCUT2D eigenvalue weighted by molar-refractivity contribution is 0.0849. The number of hydrogen-bond donors (Lipinski definition) is 0. The average Bonchev–Trinajstić information content (AvgIpc) is 3.40. The maximum Gasteiger partial charge on any atom is 0.169 e. The summed E-state index contributed by atoms with van der Waals surface area (Å²) in [6.07, 6.45) is 0.336. The first kappa shape index (κ1) is 17.9. The Bertz CT molecular complexity index is 1450. The highest BCUT2D eigenvalue weighted by molar-refractivity contribution is 6.12. The van der Waals surface area contributed by atoms with E-state index in [0.717, 1.165) is 38.9 Å². The van der Waals surface area contributed by atoms with Crippen molar-refractivity contribution in [3.05, 3.63) is 142 Å². The van der Waals surface area contributed by atoms with E-state index in [-0.39, 0.29) is 17.5 Å². The number of ketones is 2. The second kappa shape index (κ2) is 5.92. The molecule has 0 amide bonds. The fourth-order valence-corrected chi connectivity index (χ4v) is 7.05. The van der Waals surface area contributed by atoms with Crippen molar-refractivity contribution in [3.8, 4) is 0 Å². The maximum absolute atomic E-state index is 14.3. The van der Waals surface area contributed by atoms with E-state index in [4.69, 9.17) is 0 Å². The third-order valence-electron chi connectivity index (χ3n) is 8.01. The molecule has 0 heterocycles. The maximum atomic E-state index is 14.3. The van der Waals surface area contributed by atoms with Gasteiger partial charge in [0.15, 0.2) is 11.6 Å². The molecule has 0 saturated carbocycles. The zero-order chi connectivity index (χ0) is 21.5. The Kier molecular flexibility index (Phi) is 3.30. The molecule has 0 saturated heterocycles. The molecule has 3 atom stereocenters. The molecule has 0 bridgehead atoms. The lowest BCUT2D eigenvalue weighted by Gasteiger charge is -2.37. The largest absolute Gasteiger partial charge is 0.294 e. The summed E-state index contributed by atoms with van der Waals surface area (Å²) in [7, 11) is 0. The third-order valence-corrected chi connectivity index (χ3v) is 8.01. The van der Waals surface area contributed by atoms with Crippen LogP contribution in [0.2, 0.25) is 0 Å². The minimum Gasteiger partial charge on any atom is -0.294 e. The molecule has 0 radical (unpaired) electrons. The molecule has 3 aliphatic carbocycles. The monoisotopic (exact) mass is 412 g/mol. The highest BCUT2D eigenvalue weighted by Crippen LogP contribution is 2.69. The molecule has 0 N–H and O–H groups in total. The van der Waals surface area contributed by atoms with E-state index in [1.807, 2.05) is 60.7 Å². The standard InChI is InChI=1S/C30H20O2/c31-26-18-29(22-14-6-4-12-20(22)26)24-16-8-9-17-25(24)30(19-10-2-1-3-11-19)23-15-7-5-13-21(23)27(32)28(29)30/h1-17,28H,18H2/t28-,29-,30-/m0/s1. The summed E-state index contributed by atoms with van der Waals surface area (Å²) in [4.78, 5) is 27.6. The van der Waals surface area contributed by atoms with Gasteiger partial charge in [0.05, 0.1) is 11.3 Å². The average molecular weight is 412 g/mol. The lowest BCUT2D eigenvalue weighted by Crippen LogP contribution is -2.42. The van der Waals surface area contributed by atoms with E-state index < -0.39 is 10.8 Å². The Hall–Kier alpha value is -3.78. The van der Waals surface area contributed by atoms with Gasteiger partial charge >= 0.3 is 0 Å². The van der Waals surface area contributed by atoms with Crippen LogP contribution in [0.3, 0.4) is 0 Å². The first-order valence-electron chi connectivity index (χ1n) is 11.1. The van der Waals surface area contributed by atoms with Crippen molar-refractivity contribution in [1.82, 2.24) is 0 Å². The second-order valence-corrected chi connectivity index (χ2v) is 9.18. The minimum absolute atomic E-state index is 0.128.